The molecule has 0 saturated carbocycles. The molecule has 24 heavy (non-hydrogen) atoms. The Balaban J connectivity index is 1.69. The van der Waals surface area contributed by atoms with Crippen molar-refractivity contribution in [2.24, 2.45) is 11.8 Å². The number of carbonyl (C=O) groups is 1. The summed E-state index contributed by atoms with van der Waals surface area (Å²) in [5.74, 6) is 0.348. The summed E-state index contributed by atoms with van der Waals surface area (Å²) in [6.07, 6.45) is 16.9. The molecule has 1 N–H and O–H groups in total. The maximum absolute atomic E-state index is 10.5. The SMILES string of the molecule is CCCC=CCOC[C@H]1[C@H](CC=CCCCC(=O)O)[C@H]2CC[C@@H]1O2. The molecule has 2 bridgehead atoms. The average Bonchev–Trinajstić information content (AvgIpc) is 3.15. The van der Waals surface area contributed by atoms with Crippen LogP contribution in [0.2, 0.25) is 0 Å². The second-order valence-electron chi connectivity index (χ2n) is 6.91. The molecule has 2 saturated heterocycles. The smallest absolute Gasteiger partial charge is 0.303 e. The summed E-state index contributed by atoms with van der Waals surface area (Å²) in [6.45, 7) is 3.67. The molecular weight excluding hydrogens is 304 g/mol. The molecule has 2 fully saturated rings. The summed E-state index contributed by atoms with van der Waals surface area (Å²) in [7, 11) is 0. The van der Waals surface area contributed by atoms with E-state index < -0.39 is 5.97 Å². The lowest BCUT2D eigenvalue weighted by Crippen LogP contribution is -2.30. The monoisotopic (exact) mass is 336 g/mol. The molecule has 0 unspecified atom stereocenters. The summed E-state index contributed by atoms with van der Waals surface area (Å²) >= 11 is 0. The van der Waals surface area contributed by atoms with Crippen molar-refractivity contribution in [3.05, 3.63) is 24.3 Å². The van der Waals surface area contributed by atoms with Crippen LogP contribution in [-0.4, -0.2) is 36.5 Å². The Morgan fingerprint density at radius 1 is 1.12 bits per heavy atom. The van der Waals surface area contributed by atoms with Gasteiger partial charge in [0, 0.05) is 12.3 Å². The van der Waals surface area contributed by atoms with Crippen LogP contribution in [0.3, 0.4) is 0 Å². The normalized spacial score (nSPS) is 29.2. The third-order valence-electron chi connectivity index (χ3n) is 5.07. The van der Waals surface area contributed by atoms with Crippen LogP contribution >= 0.6 is 0 Å². The summed E-state index contributed by atoms with van der Waals surface area (Å²) in [6, 6.07) is 0. The van der Waals surface area contributed by atoms with E-state index in [9.17, 15) is 4.79 Å². The summed E-state index contributed by atoms with van der Waals surface area (Å²) in [5, 5.41) is 8.64. The first-order chi connectivity index (χ1) is 11.7. The van der Waals surface area contributed by atoms with Gasteiger partial charge in [0.2, 0.25) is 0 Å². The molecule has 2 aliphatic rings. The molecule has 2 heterocycles. The van der Waals surface area contributed by atoms with Crippen molar-refractivity contribution in [2.45, 2.75) is 70.5 Å². The zero-order chi connectivity index (χ0) is 17.2. The van der Waals surface area contributed by atoms with E-state index in [1.165, 1.54) is 19.3 Å². The molecule has 136 valence electrons. The molecule has 0 aromatic carbocycles. The van der Waals surface area contributed by atoms with Crippen LogP contribution in [0.5, 0.6) is 0 Å². The summed E-state index contributed by atoms with van der Waals surface area (Å²) < 4.78 is 12.0. The molecule has 4 nitrogen and oxygen atoms in total. The lowest BCUT2D eigenvalue weighted by molar-refractivity contribution is -0.137. The number of allylic oxidation sites excluding steroid dienone is 3. The van der Waals surface area contributed by atoms with E-state index in [0.29, 0.717) is 30.7 Å². The highest BCUT2D eigenvalue weighted by atomic mass is 16.5. The van der Waals surface area contributed by atoms with E-state index in [2.05, 4.69) is 31.2 Å². The van der Waals surface area contributed by atoms with Gasteiger partial charge in [0.05, 0.1) is 25.4 Å². The van der Waals surface area contributed by atoms with Gasteiger partial charge in [0.1, 0.15) is 0 Å². The fraction of sp³-hybridized carbons (Fsp3) is 0.750. The molecule has 0 radical (unpaired) electrons. The minimum Gasteiger partial charge on any atom is -0.481 e. The predicted octanol–water partition coefficient (Wildman–Crippen LogP) is 4.35. The van der Waals surface area contributed by atoms with Crippen molar-refractivity contribution in [1.29, 1.82) is 0 Å². The Morgan fingerprint density at radius 3 is 2.62 bits per heavy atom. The Labute approximate surface area is 145 Å². The van der Waals surface area contributed by atoms with E-state index in [0.717, 1.165) is 32.3 Å². The molecule has 4 atom stereocenters. The lowest BCUT2D eigenvalue weighted by atomic mass is 9.78. The van der Waals surface area contributed by atoms with Crippen molar-refractivity contribution >= 4 is 5.97 Å². The van der Waals surface area contributed by atoms with Crippen LogP contribution in [0, 0.1) is 11.8 Å². The maximum Gasteiger partial charge on any atom is 0.303 e. The van der Waals surface area contributed by atoms with E-state index in [1.54, 1.807) is 0 Å². The van der Waals surface area contributed by atoms with Gasteiger partial charge in [-0.15, -0.1) is 0 Å². The first-order valence-electron chi connectivity index (χ1n) is 9.47. The topological polar surface area (TPSA) is 55.8 Å². The van der Waals surface area contributed by atoms with Crippen molar-refractivity contribution in [3.8, 4) is 0 Å². The van der Waals surface area contributed by atoms with Crippen LogP contribution in [0.1, 0.15) is 58.3 Å². The van der Waals surface area contributed by atoms with Crippen molar-refractivity contribution < 1.29 is 19.4 Å². The minimum absolute atomic E-state index is 0.254. The molecule has 4 heteroatoms. The zero-order valence-electron chi connectivity index (χ0n) is 14.9. The van der Waals surface area contributed by atoms with E-state index in [4.69, 9.17) is 14.6 Å². The van der Waals surface area contributed by atoms with Gasteiger partial charge < -0.3 is 14.6 Å². The lowest BCUT2D eigenvalue weighted by Gasteiger charge is -2.26. The fourth-order valence-corrected chi connectivity index (χ4v) is 3.80. The third kappa shape index (κ3) is 6.06. The molecule has 0 aliphatic carbocycles. The number of fused-ring (bicyclic) bond motifs is 2. The molecule has 0 aromatic heterocycles. The van der Waals surface area contributed by atoms with Crippen LogP contribution in [-0.2, 0) is 14.3 Å². The van der Waals surface area contributed by atoms with Gasteiger partial charge >= 0.3 is 5.97 Å². The van der Waals surface area contributed by atoms with Gasteiger partial charge in [0.25, 0.3) is 0 Å². The first kappa shape index (κ1) is 19.2. The van der Waals surface area contributed by atoms with Gasteiger partial charge in [-0.05, 0) is 44.4 Å². The van der Waals surface area contributed by atoms with E-state index >= 15 is 0 Å². The second kappa shape index (κ2) is 10.7. The number of hydrogen-bond acceptors (Lipinski definition) is 3. The molecule has 0 amide bonds. The maximum atomic E-state index is 10.5. The minimum atomic E-state index is -0.713. The van der Waals surface area contributed by atoms with Crippen LogP contribution < -0.4 is 0 Å². The number of aliphatic carboxylic acids is 1. The Kier molecular flexibility index (Phi) is 8.54. The highest BCUT2D eigenvalue weighted by Crippen LogP contribution is 2.45. The van der Waals surface area contributed by atoms with Gasteiger partial charge in [-0.25, -0.2) is 0 Å². The summed E-state index contributed by atoms with van der Waals surface area (Å²) in [4.78, 5) is 10.5. The number of carboxylic acid groups (broad SMARTS) is 1. The number of rotatable bonds is 12. The standard InChI is InChI=1S/C20H32O4/c1-2-3-4-9-14-23-15-17-16(18-12-13-19(17)24-18)10-7-5-6-8-11-20(21)22/h4-5,7,9,16-19H,2-3,6,8,10-15H2,1H3,(H,21,22)/t16-,17-,18+,19-/m0/s1. The number of carboxylic acids is 1. The predicted molar refractivity (Wildman–Crippen MR) is 95.0 cm³/mol. The van der Waals surface area contributed by atoms with Crippen LogP contribution in [0.4, 0.5) is 0 Å². The molecule has 0 spiro atoms. The van der Waals surface area contributed by atoms with Gasteiger partial charge in [-0.3, -0.25) is 4.79 Å². The second-order valence-corrected chi connectivity index (χ2v) is 6.91. The van der Waals surface area contributed by atoms with Crippen molar-refractivity contribution in [2.75, 3.05) is 13.2 Å². The zero-order valence-corrected chi connectivity index (χ0v) is 14.9. The first-order valence-corrected chi connectivity index (χ1v) is 9.47. The van der Waals surface area contributed by atoms with Crippen molar-refractivity contribution in [3.63, 3.8) is 0 Å². The van der Waals surface area contributed by atoms with E-state index in [1.807, 2.05) is 0 Å². The fourth-order valence-electron chi connectivity index (χ4n) is 3.80. The number of unbranched alkanes of at least 4 members (excludes halogenated alkanes) is 2. The van der Waals surface area contributed by atoms with E-state index in [-0.39, 0.29) is 6.42 Å². The van der Waals surface area contributed by atoms with Crippen LogP contribution in [0.15, 0.2) is 24.3 Å². The average molecular weight is 336 g/mol. The number of ether oxygens (including phenoxy) is 2. The Bertz CT molecular complexity index is 429. The highest BCUT2D eigenvalue weighted by Gasteiger charge is 2.47. The Hall–Kier alpha value is -1.13. The summed E-state index contributed by atoms with van der Waals surface area (Å²) in [5.41, 5.74) is 0. The van der Waals surface area contributed by atoms with Crippen LogP contribution in [0.25, 0.3) is 0 Å². The molecule has 2 aliphatic heterocycles. The quantitative estimate of drug-likeness (QED) is 0.425. The molecule has 0 aromatic rings. The van der Waals surface area contributed by atoms with Gasteiger partial charge in [-0.1, -0.05) is 37.6 Å². The molecular formula is C20H32O4. The largest absolute Gasteiger partial charge is 0.481 e. The molecule has 2 rings (SSSR count). The van der Waals surface area contributed by atoms with Gasteiger partial charge in [0.15, 0.2) is 0 Å². The number of hydrogen-bond donors (Lipinski definition) is 1. The third-order valence-corrected chi connectivity index (χ3v) is 5.07. The van der Waals surface area contributed by atoms with Gasteiger partial charge in [-0.2, -0.15) is 0 Å². The Morgan fingerprint density at radius 2 is 1.88 bits per heavy atom. The highest BCUT2D eigenvalue weighted by molar-refractivity contribution is 5.66. The van der Waals surface area contributed by atoms with Crippen molar-refractivity contribution in [1.82, 2.24) is 0 Å².